The monoisotopic (exact) mass is 259 g/mol. The third-order valence-corrected chi connectivity index (χ3v) is 3.68. The Kier molecular flexibility index (Phi) is 4.38. The zero-order chi connectivity index (χ0) is 13.8. The van der Waals surface area contributed by atoms with Crippen molar-refractivity contribution >= 4 is 12.0 Å². The molecule has 1 amide bonds. The fraction of sp³-hybridized carbons (Fsp3) is 0.438. The molecule has 1 aliphatic rings. The van der Waals surface area contributed by atoms with E-state index in [2.05, 4.69) is 0 Å². The molecule has 0 spiro atoms. The van der Waals surface area contributed by atoms with Crippen molar-refractivity contribution in [1.82, 2.24) is 4.90 Å². The number of amides is 1. The van der Waals surface area contributed by atoms with Crippen molar-refractivity contribution in [3.05, 3.63) is 41.5 Å². The van der Waals surface area contributed by atoms with E-state index in [1.165, 1.54) is 5.56 Å². The van der Waals surface area contributed by atoms with Gasteiger partial charge in [0.2, 0.25) is 5.91 Å². The number of aryl methyl sites for hydroxylation is 1. The van der Waals surface area contributed by atoms with Gasteiger partial charge in [-0.25, -0.2) is 0 Å². The minimum atomic E-state index is -0.335. The molecule has 1 N–H and O–H groups in total. The zero-order valence-electron chi connectivity index (χ0n) is 11.5. The lowest BCUT2D eigenvalue weighted by Gasteiger charge is -2.15. The Balaban J connectivity index is 1.95. The number of hydrogen-bond acceptors (Lipinski definition) is 2. The number of nitrogens with zero attached hydrogens (tertiary/aromatic N) is 1. The van der Waals surface area contributed by atoms with Gasteiger partial charge in [0.1, 0.15) is 0 Å². The molecule has 0 aliphatic carbocycles. The molecule has 0 aromatic heterocycles. The summed E-state index contributed by atoms with van der Waals surface area (Å²) in [4.78, 5) is 13.8. The van der Waals surface area contributed by atoms with Crippen LogP contribution in [0.25, 0.3) is 6.08 Å². The fourth-order valence-corrected chi connectivity index (χ4v) is 2.43. The summed E-state index contributed by atoms with van der Waals surface area (Å²) in [5.74, 6) is 0.251. The van der Waals surface area contributed by atoms with E-state index in [1.807, 2.05) is 42.2 Å². The maximum absolute atomic E-state index is 12.0. The average molecular weight is 259 g/mol. The van der Waals surface area contributed by atoms with Gasteiger partial charge in [0.15, 0.2) is 0 Å². The summed E-state index contributed by atoms with van der Waals surface area (Å²) in [6, 6.07) is 8.05. The SMILES string of the molecule is Cc1cccc(/C=C/C(=O)N2CCC(C(C)O)C2)c1. The van der Waals surface area contributed by atoms with Gasteiger partial charge in [0.05, 0.1) is 6.10 Å². The molecule has 0 saturated carbocycles. The minimum Gasteiger partial charge on any atom is -0.393 e. The van der Waals surface area contributed by atoms with Crippen LogP contribution >= 0.6 is 0 Å². The van der Waals surface area contributed by atoms with E-state index in [0.717, 1.165) is 18.5 Å². The van der Waals surface area contributed by atoms with Gasteiger partial charge in [-0.2, -0.15) is 0 Å². The quantitative estimate of drug-likeness (QED) is 0.846. The number of likely N-dealkylation sites (tertiary alicyclic amines) is 1. The molecule has 3 heteroatoms. The van der Waals surface area contributed by atoms with Crippen LogP contribution in [0.15, 0.2) is 30.3 Å². The van der Waals surface area contributed by atoms with Gasteiger partial charge in [-0.15, -0.1) is 0 Å². The normalized spacial score (nSPS) is 21.0. The lowest BCUT2D eigenvalue weighted by molar-refractivity contribution is -0.125. The van der Waals surface area contributed by atoms with Crippen molar-refractivity contribution in [1.29, 1.82) is 0 Å². The van der Waals surface area contributed by atoms with Crippen LogP contribution in [0.1, 0.15) is 24.5 Å². The molecule has 102 valence electrons. The van der Waals surface area contributed by atoms with Crippen molar-refractivity contribution in [2.75, 3.05) is 13.1 Å². The predicted octanol–water partition coefficient (Wildman–Crippen LogP) is 2.24. The van der Waals surface area contributed by atoms with Gasteiger partial charge < -0.3 is 10.0 Å². The molecule has 2 rings (SSSR count). The van der Waals surface area contributed by atoms with Crippen LogP contribution in [0.3, 0.4) is 0 Å². The minimum absolute atomic E-state index is 0.0321. The number of carbonyl (C=O) groups is 1. The third kappa shape index (κ3) is 3.67. The van der Waals surface area contributed by atoms with E-state index in [9.17, 15) is 9.90 Å². The van der Waals surface area contributed by atoms with Gasteiger partial charge in [0, 0.05) is 25.1 Å². The lowest BCUT2D eigenvalue weighted by atomic mass is 10.0. The second-order valence-corrected chi connectivity index (χ2v) is 5.32. The van der Waals surface area contributed by atoms with Gasteiger partial charge in [0.25, 0.3) is 0 Å². The van der Waals surface area contributed by atoms with E-state index in [1.54, 1.807) is 13.0 Å². The summed E-state index contributed by atoms with van der Waals surface area (Å²) in [5.41, 5.74) is 2.23. The number of aliphatic hydroxyl groups excluding tert-OH is 1. The van der Waals surface area contributed by atoms with E-state index in [0.29, 0.717) is 6.54 Å². The molecule has 1 aromatic carbocycles. The lowest BCUT2D eigenvalue weighted by Crippen LogP contribution is -2.28. The predicted molar refractivity (Wildman–Crippen MR) is 76.6 cm³/mol. The van der Waals surface area contributed by atoms with Crippen molar-refractivity contribution in [3.63, 3.8) is 0 Å². The highest BCUT2D eigenvalue weighted by Gasteiger charge is 2.27. The van der Waals surface area contributed by atoms with Gasteiger partial charge in [-0.05, 0) is 31.9 Å². The Morgan fingerprint density at radius 1 is 1.53 bits per heavy atom. The summed E-state index contributed by atoms with van der Waals surface area (Å²) in [7, 11) is 0. The molecular weight excluding hydrogens is 238 g/mol. The molecule has 3 nitrogen and oxygen atoms in total. The Bertz CT molecular complexity index is 479. The first-order valence-corrected chi connectivity index (χ1v) is 6.78. The summed E-state index contributed by atoms with van der Waals surface area (Å²) in [5, 5.41) is 9.53. The van der Waals surface area contributed by atoms with Gasteiger partial charge >= 0.3 is 0 Å². The molecule has 1 heterocycles. The highest BCUT2D eigenvalue weighted by atomic mass is 16.3. The highest BCUT2D eigenvalue weighted by molar-refractivity contribution is 5.92. The standard InChI is InChI=1S/C16H21NO2/c1-12-4-3-5-14(10-12)6-7-16(19)17-9-8-15(11-17)13(2)18/h3-7,10,13,15,18H,8-9,11H2,1-2H3/b7-6+. The average Bonchev–Trinajstić information content (AvgIpc) is 2.86. The Morgan fingerprint density at radius 3 is 2.95 bits per heavy atom. The molecular formula is C16H21NO2. The topological polar surface area (TPSA) is 40.5 Å². The van der Waals surface area contributed by atoms with Crippen LogP contribution in [0.2, 0.25) is 0 Å². The third-order valence-electron chi connectivity index (χ3n) is 3.68. The van der Waals surface area contributed by atoms with Crippen LogP contribution in [0.4, 0.5) is 0 Å². The zero-order valence-corrected chi connectivity index (χ0v) is 11.5. The first-order chi connectivity index (χ1) is 9.06. The molecule has 0 bridgehead atoms. The van der Waals surface area contributed by atoms with Crippen molar-refractivity contribution in [3.8, 4) is 0 Å². The van der Waals surface area contributed by atoms with E-state index in [-0.39, 0.29) is 17.9 Å². The van der Waals surface area contributed by atoms with E-state index < -0.39 is 0 Å². The van der Waals surface area contributed by atoms with Crippen molar-refractivity contribution in [2.45, 2.75) is 26.4 Å². The Labute approximate surface area is 114 Å². The van der Waals surface area contributed by atoms with Crippen molar-refractivity contribution < 1.29 is 9.90 Å². The molecule has 1 aromatic rings. The van der Waals surface area contributed by atoms with Gasteiger partial charge in [-0.1, -0.05) is 29.8 Å². The molecule has 0 radical (unpaired) electrons. The Hall–Kier alpha value is -1.61. The van der Waals surface area contributed by atoms with Crippen LogP contribution in [-0.2, 0) is 4.79 Å². The van der Waals surface area contributed by atoms with Crippen molar-refractivity contribution in [2.24, 2.45) is 5.92 Å². The van der Waals surface area contributed by atoms with Crippen LogP contribution in [-0.4, -0.2) is 35.1 Å². The van der Waals surface area contributed by atoms with Crippen LogP contribution < -0.4 is 0 Å². The largest absolute Gasteiger partial charge is 0.393 e. The molecule has 1 fully saturated rings. The fourth-order valence-electron chi connectivity index (χ4n) is 2.43. The number of rotatable bonds is 3. The van der Waals surface area contributed by atoms with Crippen LogP contribution in [0.5, 0.6) is 0 Å². The molecule has 2 atom stereocenters. The second-order valence-electron chi connectivity index (χ2n) is 5.32. The maximum Gasteiger partial charge on any atom is 0.246 e. The van der Waals surface area contributed by atoms with Crippen LogP contribution in [0, 0.1) is 12.8 Å². The number of aliphatic hydroxyl groups is 1. The smallest absolute Gasteiger partial charge is 0.246 e. The first-order valence-electron chi connectivity index (χ1n) is 6.78. The first kappa shape index (κ1) is 13.8. The number of carbonyl (C=O) groups excluding carboxylic acids is 1. The summed E-state index contributed by atoms with van der Waals surface area (Å²) >= 11 is 0. The molecule has 1 saturated heterocycles. The molecule has 19 heavy (non-hydrogen) atoms. The number of hydrogen-bond donors (Lipinski definition) is 1. The van der Waals surface area contributed by atoms with Gasteiger partial charge in [-0.3, -0.25) is 4.79 Å². The number of benzene rings is 1. The van der Waals surface area contributed by atoms with E-state index in [4.69, 9.17) is 0 Å². The summed E-state index contributed by atoms with van der Waals surface area (Å²) < 4.78 is 0. The second kappa shape index (κ2) is 6.02. The highest BCUT2D eigenvalue weighted by Crippen LogP contribution is 2.20. The summed E-state index contributed by atoms with van der Waals surface area (Å²) in [6.07, 6.45) is 4.03. The van der Waals surface area contributed by atoms with E-state index >= 15 is 0 Å². The molecule has 1 aliphatic heterocycles. The maximum atomic E-state index is 12.0. The Morgan fingerprint density at radius 2 is 2.32 bits per heavy atom. The molecule has 2 unspecified atom stereocenters. The summed E-state index contributed by atoms with van der Waals surface area (Å²) in [6.45, 7) is 5.23.